The lowest BCUT2D eigenvalue weighted by Gasteiger charge is -2.33. The van der Waals surface area contributed by atoms with Gasteiger partial charge in [0, 0.05) is 24.7 Å². The zero-order chi connectivity index (χ0) is 14.7. The van der Waals surface area contributed by atoms with Crippen LogP contribution in [0.2, 0.25) is 0 Å². The molecule has 0 atom stereocenters. The molecule has 3 nitrogen and oxygen atoms in total. The number of hydrogen-bond acceptors (Lipinski definition) is 3. The Balaban J connectivity index is 1.68. The summed E-state index contributed by atoms with van der Waals surface area (Å²) in [7, 11) is 1.45. The lowest BCUT2D eigenvalue weighted by molar-refractivity contribution is -0.140. The molecule has 1 saturated carbocycles. The first kappa shape index (κ1) is 14.4. The molecule has 3 heteroatoms. The minimum atomic E-state index is -0.126. The zero-order valence-corrected chi connectivity index (χ0v) is 12.9. The maximum atomic E-state index is 11.2. The first-order valence-corrected chi connectivity index (χ1v) is 8.23. The molecular weight excluding hydrogens is 262 g/mol. The third-order valence-corrected chi connectivity index (χ3v) is 4.94. The van der Waals surface area contributed by atoms with Gasteiger partial charge in [-0.05, 0) is 42.9 Å². The van der Waals surface area contributed by atoms with Gasteiger partial charge in [-0.15, -0.1) is 0 Å². The molecular formula is C18H25NO2. The number of benzene rings is 1. The predicted octanol–water partition coefficient (Wildman–Crippen LogP) is 3.49. The highest BCUT2D eigenvalue weighted by Gasteiger charge is 2.27. The summed E-state index contributed by atoms with van der Waals surface area (Å²) < 4.78 is 4.71. The van der Waals surface area contributed by atoms with Crippen LogP contribution >= 0.6 is 0 Å². The fraction of sp³-hybridized carbons (Fsp3) is 0.611. The predicted molar refractivity (Wildman–Crippen MR) is 84.7 cm³/mol. The Morgan fingerprint density at radius 3 is 2.86 bits per heavy atom. The summed E-state index contributed by atoms with van der Waals surface area (Å²) in [5.74, 6) is -0.126. The summed E-state index contributed by atoms with van der Waals surface area (Å²) >= 11 is 0. The number of carbonyl (C=O) groups is 1. The van der Waals surface area contributed by atoms with Gasteiger partial charge in [0.05, 0.1) is 7.11 Å². The molecule has 0 amide bonds. The number of carbonyl (C=O) groups excluding carboxylic acids is 1. The minimum absolute atomic E-state index is 0.126. The Morgan fingerprint density at radius 2 is 2.10 bits per heavy atom. The third-order valence-electron chi connectivity index (χ3n) is 4.94. The van der Waals surface area contributed by atoms with Crippen LogP contribution in [0.1, 0.15) is 49.7 Å². The first-order chi connectivity index (χ1) is 10.3. The van der Waals surface area contributed by atoms with Crippen molar-refractivity contribution in [3.8, 4) is 0 Å². The second-order valence-corrected chi connectivity index (χ2v) is 6.27. The van der Waals surface area contributed by atoms with Crippen molar-refractivity contribution >= 4 is 11.7 Å². The minimum Gasteiger partial charge on any atom is -0.469 e. The molecule has 1 aromatic carbocycles. The number of methoxy groups -OCH3 is 1. The smallest absolute Gasteiger partial charge is 0.305 e. The third kappa shape index (κ3) is 3.22. The molecule has 0 bridgehead atoms. The average Bonchev–Trinajstić information content (AvgIpc) is 2.96. The second kappa shape index (κ2) is 6.50. The van der Waals surface area contributed by atoms with Crippen molar-refractivity contribution in [3.63, 3.8) is 0 Å². The van der Waals surface area contributed by atoms with Gasteiger partial charge in [0.2, 0.25) is 0 Å². The van der Waals surface area contributed by atoms with Crippen LogP contribution in [-0.2, 0) is 22.4 Å². The van der Waals surface area contributed by atoms with Crippen LogP contribution in [0.25, 0.3) is 0 Å². The number of ether oxygens (including phenoxy) is 1. The first-order valence-electron chi connectivity index (χ1n) is 8.23. The van der Waals surface area contributed by atoms with Crippen molar-refractivity contribution in [1.29, 1.82) is 0 Å². The van der Waals surface area contributed by atoms with Gasteiger partial charge in [0.25, 0.3) is 0 Å². The molecule has 1 aromatic rings. The standard InChI is InChI=1S/C18H25NO2/c1-21-18(20)10-8-14-7-9-17-15(13-14)11-12-19(17)16-5-3-2-4-6-16/h7,9,13,16H,2-6,8,10-12H2,1H3. The van der Waals surface area contributed by atoms with Gasteiger partial charge < -0.3 is 9.64 Å². The Hall–Kier alpha value is -1.51. The maximum absolute atomic E-state index is 11.2. The molecule has 0 unspecified atom stereocenters. The van der Waals surface area contributed by atoms with E-state index in [0.29, 0.717) is 6.42 Å². The van der Waals surface area contributed by atoms with Crippen LogP contribution in [0.4, 0.5) is 5.69 Å². The zero-order valence-electron chi connectivity index (χ0n) is 12.9. The van der Waals surface area contributed by atoms with E-state index in [0.717, 1.165) is 18.9 Å². The number of esters is 1. The van der Waals surface area contributed by atoms with Crippen molar-refractivity contribution < 1.29 is 9.53 Å². The summed E-state index contributed by atoms with van der Waals surface area (Å²) in [5, 5.41) is 0. The largest absolute Gasteiger partial charge is 0.469 e. The average molecular weight is 287 g/mol. The lowest BCUT2D eigenvalue weighted by atomic mass is 9.94. The molecule has 0 saturated heterocycles. The molecule has 0 spiro atoms. The van der Waals surface area contributed by atoms with Crippen LogP contribution in [0.3, 0.4) is 0 Å². The van der Waals surface area contributed by atoms with Crippen LogP contribution in [-0.4, -0.2) is 25.7 Å². The quantitative estimate of drug-likeness (QED) is 0.794. The van der Waals surface area contributed by atoms with Gasteiger partial charge in [0.15, 0.2) is 0 Å². The Bertz CT molecular complexity index is 506. The molecule has 1 heterocycles. The fourth-order valence-corrected chi connectivity index (χ4v) is 3.76. The maximum Gasteiger partial charge on any atom is 0.305 e. The van der Waals surface area contributed by atoms with Crippen molar-refractivity contribution in [2.75, 3.05) is 18.6 Å². The Kier molecular flexibility index (Phi) is 4.47. The van der Waals surface area contributed by atoms with Crippen molar-refractivity contribution in [1.82, 2.24) is 0 Å². The van der Waals surface area contributed by atoms with E-state index in [2.05, 4.69) is 23.1 Å². The molecule has 0 radical (unpaired) electrons. The van der Waals surface area contributed by atoms with Gasteiger partial charge in [0.1, 0.15) is 0 Å². The van der Waals surface area contributed by atoms with E-state index in [-0.39, 0.29) is 5.97 Å². The normalized spacial score (nSPS) is 18.6. The summed E-state index contributed by atoms with van der Waals surface area (Å²) in [4.78, 5) is 13.9. The molecule has 21 heavy (non-hydrogen) atoms. The van der Waals surface area contributed by atoms with Crippen molar-refractivity contribution in [2.24, 2.45) is 0 Å². The monoisotopic (exact) mass is 287 g/mol. The molecule has 1 aliphatic heterocycles. The summed E-state index contributed by atoms with van der Waals surface area (Å²) in [5.41, 5.74) is 4.15. The second-order valence-electron chi connectivity index (χ2n) is 6.27. The topological polar surface area (TPSA) is 29.5 Å². The summed E-state index contributed by atoms with van der Waals surface area (Å²) in [6.07, 6.45) is 9.28. The molecule has 3 rings (SSSR count). The highest BCUT2D eigenvalue weighted by atomic mass is 16.5. The highest BCUT2D eigenvalue weighted by molar-refractivity contribution is 5.69. The van der Waals surface area contributed by atoms with Crippen LogP contribution in [0.5, 0.6) is 0 Å². The van der Waals surface area contributed by atoms with E-state index >= 15 is 0 Å². The van der Waals surface area contributed by atoms with Crippen LogP contribution in [0, 0.1) is 0 Å². The van der Waals surface area contributed by atoms with Crippen LogP contribution in [0.15, 0.2) is 18.2 Å². The van der Waals surface area contributed by atoms with E-state index < -0.39 is 0 Å². The molecule has 1 aliphatic carbocycles. The van der Waals surface area contributed by atoms with Gasteiger partial charge in [-0.25, -0.2) is 0 Å². The van der Waals surface area contributed by atoms with Gasteiger partial charge in [-0.3, -0.25) is 4.79 Å². The Morgan fingerprint density at radius 1 is 1.29 bits per heavy atom. The molecule has 1 fully saturated rings. The molecule has 114 valence electrons. The van der Waals surface area contributed by atoms with E-state index in [4.69, 9.17) is 4.74 Å². The van der Waals surface area contributed by atoms with Gasteiger partial charge in [-0.2, -0.15) is 0 Å². The van der Waals surface area contributed by atoms with E-state index in [1.165, 1.54) is 62.6 Å². The summed E-state index contributed by atoms with van der Waals surface area (Å²) in [6, 6.07) is 7.49. The number of aryl methyl sites for hydroxylation is 1. The van der Waals surface area contributed by atoms with Gasteiger partial charge in [-0.1, -0.05) is 31.4 Å². The van der Waals surface area contributed by atoms with Crippen molar-refractivity contribution in [3.05, 3.63) is 29.3 Å². The number of nitrogens with zero attached hydrogens (tertiary/aromatic N) is 1. The van der Waals surface area contributed by atoms with Crippen molar-refractivity contribution in [2.45, 2.75) is 57.4 Å². The van der Waals surface area contributed by atoms with Gasteiger partial charge >= 0.3 is 5.97 Å². The fourth-order valence-electron chi connectivity index (χ4n) is 3.76. The van der Waals surface area contributed by atoms with E-state index in [9.17, 15) is 4.79 Å². The number of anilines is 1. The summed E-state index contributed by atoms with van der Waals surface area (Å²) in [6.45, 7) is 1.17. The Labute approximate surface area is 127 Å². The van der Waals surface area contributed by atoms with Crippen LogP contribution < -0.4 is 4.90 Å². The molecule has 2 aliphatic rings. The number of fused-ring (bicyclic) bond motifs is 1. The molecule has 0 N–H and O–H groups in total. The lowest BCUT2D eigenvalue weighted by Crippen LogP contribution is -2.35. The van der Waals surface area contributed by atoms with E-state index in [1.807, 2.05) is 0 Å². The molecule has 0 aromatic heterocycles. The number of hydrogen-bond donors (Lipinski definition) is 0. The highest BCUT2D eigenvalue weighted by Crippen LogP contribution is 2.35. The number of rotatable bonds is 4. The van der Waals surface area contributed by atoms with E-state index in [1.54, 1.807) is 0 Å². The SMILES string of the molecule is COC(=O)CCc1ccc2c(c1)CCN2C1CCCCC1.